The molecule has 24 heavy (non-hydrogen) atoms. The second kappa shape index (κ2) is 8.29. The average Bonchev–Trinajstić information content (AvgIpc) is 2.52. The first kappa shape index (κ1) is 19.2. The number of piperidine rings is 1. The number of amides is 2. The summed E-state index contributed by atoms with van der Waals surface area (Å²) in [4.78, 5) is 25.5. The summed E-state index contributed by atoms with van der Waals surface area (Å²) in [5, 5.41) is 3.00. The molecular formula is C16H29N3O4S. The zero-order valence-electron chi connectivity index (χ0n) is 14.6. The minimum atomic E-state index is -3.23. The molecule has 2 amide bonds. The van der Waals surface area contributed by atoms with Crippen LogP contribution in [0.3, 0.4) is 0 Å². The van der Waals surface area contributed by atoms with E-state index in [1.54, 1.807) is 11.8 Å². The van der Waals surface area contributed by atoms with Gasteiger partial charge in [0.25, 0.3) is 0 Å². The molecule has 0 bridgehead atoms. The Morgan fingerprint density at radius 2 is 1.71 bits per heavy atom. The van der Waals surface area contributed by atoms with Crippen LogP contribution in [0.25, 0.3) is 0 Å². The molecule has 2 atom stereocenters. The van der Waals surface area contributed by atoms with Crippen LogP contribution in [-0.2, 0) is 19.6 Å². The van der Waals surface area contributed by atoms with E-state index in [2.05, 4.69) is 10.0 Å². The molecule has 2 rings (SSSR count). The molecule has 138 valence electrons. The molecule has 8 heteroatoms. The Morgan fingerprint density at radius 3 is 2.29 bits per heavy atom. The third-order valence-electron chi connectivity index (χ3n) is 5.12. The topological polar surface area (TPSA) is 95.6 Å². The van der Waals surface area contributed by atoms with Crippen molar-refractivity contribution < 1.29 is 18.0 Å². The van der Waals surface area contributed by atoms with Crippen molar-refractivity contribution in [2.75, 3.05) is 25.9 Å². The van der Waals surface area contributed by atoms with Crippen LogP contribution in [0, 0.1) is 11.8 Å². The summed E-state index contributed by atoms with van der Waals surface area (Å²) in [6.07, 6.45) is 6.41. The Kier molecular flexibility index (Phi) is 6.62. The molecule has 0 aromatic carbocycles. The van der Waals surface area contributed by atoms with Gasteiger partial charge in [0.15, 0.2) is 0 Å². The molecule has 2 unspecified atom stereocenters. The molecule has 1 aliphatic carbocycles. The third kappa shape index (κ3) is 5.73. The van der Waals surface area contributed by atoms with E-state index in [0.717, 1.165) is 25.7 Å². The molecule has 0 aromatic rings. The van der Waals surface area contributed by atoms with E-state index in [1.807, 2.05) is 0 Å². The number of carbonyl (C=O) groups excluding carboxylic acids is 2. The van der Waals surface area contributed by atoms with E-state index in [-0.39, 0.29) is 29.7 Å². The van der Waals surface area contributed by atoms with Gasteiger partial charge in [-0.25, -0.2) is 13.1 Å². The molecule has 0 spiro atoms. The maximum Gasteiger partial charge on any atom is 0.223 e. The zero-order chi connectivity index (χ0) is 17.7. The molecule has 0 radical (unpaired) electrons. The summed E-state index contributed by atoms with van der Waals surface area (Å²) in [5.74, 6) is 0.188. The Labute approximate surface area is 144 Å². The Balaban J connectivity index is 1.80. The van der Waals surface area contributed by atoms with Gasteiger partial charge >= 0.3 is 0 Å². The highest BCUT2D eigenvalue weighted by Crippen LogP contribution is 2.25. The molecule has 1 heterocycles. The van der Waals surface area contributed by atoms with Crippen molar-refractivity contribution >= 4 is 21.8 Å². The number of nitrogens with one attached hydrogen (secondary N) is 2. The number of hydrogen-bond donors (Lipinski definition) is 2. The lowest BCUT2D eigenvalue weighted by atomic mass is 9.85. The average molecular weight is 359 g/mol. The van der Waals surface area contributed by atoms with E-state index in [0.29, 0.717) is 32.5 Å². The van der Waals surface area contributed by atoms with E-state index >= 15 is 0 Å². The van der Waals surface area contributed by atoms with Crippen molar-refractivity contribution in [1.82, 2.24) is 14.9 Å². The first-order valence-corrected chi connectivity index (χ1v) is 10.7. The maximum absolute atomic E-state index is 12.4. The highest BCUT2D eigenvalue weighted by Gasteiger charge is 2.30. The first-order valence-electron chi connectivity index (χ1n) is 8.77. The van der Waals surface area contributed by atoms with Gasteiger partial charge in [0.2, 0.25) is 21.8 Å². The van der Waals surface area contributed by atoms with Crippen LogP contribution in [0.2, 0.25) is 0 Å². The SMILES string of the molecule is CC(=O)N1CCC(C(=O)NCC2CCCCC2NS(C)(=O)=O)CC1. The largest absolute Gasteiger partial charge is 0.356 e. The van der Waals surface area contributed by atoms with Crippen molar-refractivity contribution in [2.24, 2.45) is 11.8 Å². The zero-order valence-corrected chi connectivity index (χ0v) is 15.4. The molecule has 1 saturated carbocycles. The van der Waals surface area contributed by atoms with E-state index in [4.69, 9.17) is 0 Å². The predicted molar refractivity (Wildman–Crippen MR) is 91.7 cm³/mol. The lowest BCUT2D eigenvalue weighted by molar-refractivity contribution is -0.134. The second-order valence-corrected chi connectivity index (χ2v) is 8.85. The van der Waals surface area contributed by atoms with E-state index in [9.17, 15) is 18.0 Å². The molecule has 1 aliphatic heterocycles. The van der Waals surface area contributed by atoms with Gasteiger partial charge in [-0.3, -0.25) is 9.59 Å². The van der Waals surface area contributed by atoms with Crippen LogP contribution in [0.1, 0.15) is 45.4 Å². The van der Waals surface area contributed by atoms with Crippen molar-refractivity contribution in [3.05, 3.63) is 0 Å². The highest BCUT2D eigenvalue weighted by molar-refractivity contribution is 7.88. The van der Waals surface area contributed by atoms with Crippen LogP contribution in [-0.4, -0.2) is 57.1 Å². The Hall–Kier alpha value is -1.15. The normalized spacial score (nSPS) is 26.2. The standard InChI is InChI=1S/C16H29N3O4S/c1-12(20)19-9-7-13(8-10-19)16(21)17-11-14-5-3-4-6-15(14)18-24(2,22)23/h13-15,18H,3-11H2,1-2H3,(H,17,21). The summed E-state index contributed by atoms with van der Waals surface area (Å²) in [7, 11) is -3.23. The van der Waals surface area contributed by atoms with E-state index in [1.165, 1.54) is 6.26 Å². The first-order chi connectivity index (χ1) is 11.3. The maximum atomic E-state index is 12.4. The molecule has 2 fully saturated rings. The summed E-state index contributed by atoms with van der Waals surface area (Å²) < 4.78 is 25.7. The Morgan fingerprint density at radius 1 is 1.08 bits per heavy atom. The van der Waals surface area contributed by atoms with E-state index < -0.39 is 10.0 Å². The summed E-state index contributed by atoms with van der Waals surface area (Å²) in [5.41, 5.74) is 0. The molecule has 7 nitrogen and oxygen atoms in total. The quantitative estimate of drug-likeness (QED) is 0.746. The van der Waals surface area contributed by atoms with Crippen LogP contribution in [0.4, 0.5) is 0 Å². The summed E-state index contributed by atoms with van der Waals surface area (Å²) in [6.45, 7) is 3.33. The summed E-state index contributed by atoms with van der Waals surface area (Å²) in [6, 6.07) is -0.0892. The van der Waals surface area contributed by atoms with Crippen LogP contribution in [0.15, 0.2) is 0 Å². The molecular weight excluding hydrogens is 330 g/mol. The second-order valence-electron chi connectivity index (χ2n) is 7.07. The minimum absolute atomic E-state index is 0.0295. The van der Waals surface area contributed by atoms with Gasteiger partial charge in [0.05, 0.1) is 6.26 Å². The van der Waals surface area contributed by atoms with Crippen molar-refractivity contribution in [3.63, 3.8) is 0 Å². The van der Waals surface area contributed by atoms with Gasteiger partial charge < -0.3 is 10.2 Å². The van der Waals surface area contributed by atoms with Gasteiger partial charge in [0.1, 0.15) is 0 Å². The van der Waals surface area contributed by atoms with Gasteiger partial charge in [-0.2, -0.15) is 0 Å². The van der Waals surface area contributed by atoms with Gasteiger partial charge in [0, 0.05) is 38.5 Å². The highest BCUT2D eigenvalue weighted by atomic mass is 32.2. The van der Waals surface area contributed by atoms with Crippen molar-refractivity contribution in [2.45, 2.75) is 51.5 Å². The number of nitrogens with zero attached hydrogens (tertiary/aromatic N) is 1. The molecule has 0 aromatic heterocycles. The molecule has 2 aliphatic rings. The lowest BCUT2D eigenvalue weighted by Gasteiger charge is -2.33. The number of likely N-dealkylation sites (tertiary alicyclic amines) is 1. The van der Waals surface area contributed by atoms with Crippen LogP contribution in [0.5, 0.6) is 0 Å². The number of rotatable bonds is 5. The third-order valence-corrected chi connectivity index (χ3v) is 5.85. The lowest BCUT2D eigenvalue weighted by Crippen LogP contribution is -2.48. The molecule has 2 N–H and O–H groups in total. The number of carbonyl (C=O) groups is 2. The Bertz CT molecular complexity index is 556. The fourth-order valence-corrected chi connectivity index (χ4v) is 4.57. The van der Waals surface area contributed by atoms with Gasteiger partial charge in [-0.1, -0.05) is 12.8 Å². The van der Waals surface area contributed by atoms with Crippen molar-refractivity contribution in [3.8, 4) is 0 Å². The predicted octanol–water partition coefficient (Wildman–Crippen LogP) is 0.469. The van der Waals surface area contributed by atoms with Gasteiger partial charge in [-0.15, -0.1) is 0 Å². The molecule has 1 saturated heterocycles. The summed E-state index contributed by atoms with van der Waals surface area (Å²) >= 11 is 0. The fraction of sp³-hybridized carbons (Fsp3) is 0.875. The monoisotopic (exact) mass is 359 g/mol. The van der Waals surface area contributed by atoms with Crippen molar-refractivity contribution in [1.29, 1.82) is 0 Å². The fourth-order valence-electron chi connectivity index (χ4n) is 3.71. The van der Waals surface area contributed by atoms with Crippen LogP contribution < -0.4 is 10.0 Å². The minimum Gasteiger partial charge on any atom is -0.356 e. The van der Waals surface area contributed by atoms with Crippen LogP contribution >= 0.6 is 0 Å². The smallest absolute Gasteiger partial charge is 0.223 e. The number of hydrogen-bond acceptors (Lipinski definition) is 4. The number of sulfonamides is 1. The van der Waals surface area contributed by atoms with Gasteiger partial charge in [-0.05, 0) is 31.6 Å².